The molecule has 0 bridgehead atoms. The summed E-state index contributed by atoms with van der Waals surface area (Å²) in [6.45, 7) is 4.17. The zero-order chi connectivity index (χ0) is 6.15. The summed E-state index contributed by atoms with van der Waals surface area (Å²) < 4.78 is 0. The molecule has 0 aromatic heterocycles. The van der Waals surface area contributed by atoms with E-state index in [4.69, 9.17) is 11.6 Å². The lowest BCUT2D eigenvalue weighted by Crippen LogP contribution is -1.72. The fourth-order valence-corrected chi connectivity index (χ4v) is 2.01. The second-order valence-electron chi connectivity index (χ2n) is 1.94. The van der Waals surface area contributed by atoms with Crippen LogP contribution in [0, 0.1) is 5.25 Å². The molecule has 0 aromatic carbocycles. The second kappa shape index (κ2) is 2.32. The molecule has 1 rings (SSSR count). The Morgan fingerprint density at radius 3 is 2.25 bits per heavy atom. The second-order valence-corrected chi connectivity index (χ2v) is 3.91. The first kappa shape index (κ1) is 6.50. The van der Waals surface area contributed by atoms with Gasteiger partial charge in [-0.3, -0.25) is 0 Å². The van der Waals surface area contributed by atoms with E-state index in [1.807, 2.05) is 0 Å². The van der Waals surface area contributed by atoms with E-state index in [1.165, 1.54) is 10.2 Å². The SMILES string of the molecule is C[C]1CC(Cl)=C(C)S1. The number of allylic oxidation sites excluding steroid dienone is 2. The van der Waals surface area contributed by atoms with Gasteiger partial charge in [0.25, 0.3) is 0 Å². The standard InChI is InChI=1S/C6H8ClS/c1-4-3-6(7)5(2)8-4/h3H2,1-2H3. The van der Waals surface area contributed by atoms with Gasteiger partial charge in [-0.2, -0.15) is 0 Å². The van der Waals surface area contributed by atoms with Crippen LogP contribution in [0.5, 0.6) is 0 Å². The Bertz CT molecular complexity index is 114. The molecule has 2 heteroatoms. The number of hydrogen-bond acceptors (Lipinski definition) is 1. The van der Waals surface area contributed by atoms with E-state index in [9.17, 15) is 0 Å². The lowest BCUT2D eigenvalue weighted by atomic mass is 10.3. The van der Waals surface area contributed by atoms with Gasteiger partial charge in [0.15, 0.2) is 0 Å². The van der Waals surface area contributed by atoms with Crippen LogP contribution in [-0.2, 0) is 0 Å². The maximum atomic E-state index is 5.80. The summed E-state index contributed by atoms with van der Waals surface area (Å²) in [5.41, 5.74) is 0. The molecular formula is C6H8ClS. The Morgan fingerprint density at radius 1 is 1.50 bits per heavy atom. The molecule has 0 amide bonds. The Balaban J connectivity index is 2.60. The average molecular weight is 148 g/mol. The number of thioether (sulfide) groups is 1. The van der Waals surface area contributed by atoms with Gasteiger partial charge in [0.05, 0.1) is 0 Å². The van der Waals surface area contributed by atoms with Crippen LogP contribution in [0.1, 0.15) is 20.3 Å². The first-order chi connectivity index (χ1) is 3.70. The molecule has 0 N–H and O–H groups in total. The minimum Gasteiger partial charge on any atom is -0.121 e. The van der Waals surface area contributed by atoms with Crippen LogP contribution in [0.3, 0.4) is 0 Å². The highest BCUT2D eigenvalue weighted by Gasteiger charge is 2.16. The zero-order valence-electron chi connectivity index (χ0n) is 4.99. The lowest BCUT2D eigenvalue weighted by Gasteiger charge is -1.93. The highest BCUT2D eigenvalue weighted by atomic mass is 35.5. The molecule has 1 aliphatic heterocycles. The van der Waals surface area contributed by atoms with Crippen molar-refractivity contribution in [2.24, 2.45) is 0 Å². The van der Waals surface area contributed by atoms with Gasteiger partial charge in [-0.15, -0.1) is 11.8 Å². The summed E-state index contributed by atoms with van der Waals surface area (Å²) in [4.78, 5) is 1.27. The molecule has 1 heterocycles. The maximum Gasteiger partial charge on any atom is 0.0376 e. The fraction of sp³-hybridized carbons (Fsp3) is 0.500. The third-order valence-corrected chi connectivity index (χ3v) is 2.69. The monoisotopic (exact) mass is 147 g/mol. The van der Waals surface area contributed by atoms with E-state index in [0.717, 1.165) is 11.5 Å². The molecule has 0 aromatic rings. The largest absolute Gasteiger partial charge is 0.121 e. The summed E-state index contributed by atoms with van der Waals surface area (Å²) in [5.74, 6) is 0. The topological polar surface area (TPSA) is 0 Å². The molecule has 1 radical (unpaired) electrons. The molecule has 0 unspecified atom stereocenters. The highest BCUT2D eigenvalue weighted by molar-refractivity contribution is 8.06. The van der Waals surface area contributed by atoms with Crippen LogP contribution in [0.4, 0.5) is 0 Å². The van der Waals surface area contributed by atoms with Crippen LogP contribution in [0.2, 0.25) is 0 Å². The third-order valence-electron chi connectivity index (χ3n) is 1.11. The first-order valence-corrected chi connectivity index (χ1v) is 3.75. The van der Waals surface area contributed by atoms with Gasteiger partial charge in [0, 0.05) is 16.7 Å². The normalized spacial score (nSPS) is 22.9. The number of halogens is 1. The molecule has 0 aliphatic carbocycles. The summed E-state index contributed by atoms with van der Waals surface area (Å²) in [7, 11) is 0. The fourth-order valence-electron chi connectivity index (χ4n) is 0.696. The van der Waals surface area contributed by atoms with E-state index in [2.05, 4.69) is 13.8 Å². The Morgan fingerprint density at radius 2 is 2.12 bits per heavy atom. The van der Waals surface area contributed by atoms with Crippen LogP contribution in [-0.4, -0.2) is 0 Å². The maximum absolute atomic E-state index is 5.80. The lowest BCUT2D eigenvalue weighted by molar-refractivity contribution is 1.16. The summed E-state index contributed by atoms with van der Waals surface area (Å²) in [6, 6.07) is 0. The van der Waals surface area contributed by atoms with Crippen molar-refractivity contribution in [3.63, 3.8) is 0 Å². The molecule has 0 spiro atoms. The summed E-state index contributed by atoms with van der Waals surface area (Å²) >= 11 is 7.59. The molecule has 0 saturated carbocycles. The van der Waals surface area contributed by atoms with Crippen molar-refractivity contribution >= 4 is 23.4 Å². The van der Waals surface area contributed by atoms with Crippen molar-refractivity contribution in [3.8, 4) is 0 Å². The smallest absolute Gasteiger partial charge is 0.0376 e. The quantitative estimate of drug-likeness (QED) is 0.507. The van der Waals surface area contributed by atoms with E-state index in [0.29, 0.717) is 0 Å². The van der Waals surface area contributed by atoms with Gasteiger partial charge in [-0.25, -0.2) is 0 Å². The van der Waals surface area contributed by atoms with Gasteiger partial charge < -0.3 is 0 Å². The molecule has 0 atom stereocenters. The molecule has 0 nitrogen and oxygen atoms in total. The van der Waals surface area contributed by atoms with Crippen LogP contribution in [0.25, 0.3) is 0 Å². The number of rotatable bonds is 0. The van der Waals surface area contributed by atoms with Gasteiger partial charge >= 0.3 is 0 Å². The summed E-state index contributed by atoms with van der Waals surface area (Å²) in [6.07, 6.45) is 0.984. The van der Waals surface area contributed by atoms with E-state index in [1.54, 1.807) is 11.8 Å². The Hall–Kier alpha value is 0.380. The van der Waals surface area contributed by atoms with Gasteiger partial charge in [0.2, 0.25) is 0 Å². The first-order valence-electron chi connectivity index (χ1n) is 2.55. The van der Waals surface area contributed by atoms with E-state index in [-0.39, 0.29) is 0 Å². The van der Waals surface area contributed by atoms with E-state index < -0.39 is 0 Å². The third kappa shape index (κ3) is 1.20. The van der Waals surface area contributed by atoms with Gasteiger partial charge in [0.1, 0.15) is 0 Å². The van der Waals surface area contributed by atoms with Crippen molar-refractivity contribution in [2.75, 3.05) is 0 Å². The van der Waals surface area contributed by atoms with E-state index >= 15 is 0 Å². The minimum atomic E-state index is 0.984. The van der Waals surface area contributed by atoms with Crippen molar-refractivity contribution in [1.29, 1.82) is 0 Å². The Labute approximate surface area is 59.3 Å². The van der Waals surface area contributed by atoms with Crippen molar-refractivity contribution in [1.82, 2.24) is 0 Å². The summed E-state index contributed by atoms with van der Waals surface area (Å²) in [5, 5.41) is 2.43. The molecule has 0 saturated heterocycles. The van der Waals surface area contributed by atoms with Crippen LogP contribution < -0.4 is 0 Å². The predicted octanol–water partition coefficient (Wildman–Crippen LogP) is 3.15. The minimum absolute atomic E-state index is 0.984. The molecule has 8 heavy (non-hydrogen) atoms. The molecule has 45 valence electrons. The zero-order valence-corrected chi connectivity index (χ0v) is 6.57. The molecule has 1 aliphatic rings. The molecule has 0 fully saturated rings. The van der Waals surface area contributed by atoms with Crippen LogP contribution >= 0.6 is 23.4 Å². The van der Waals surface area contributed by atoms with Crippen molar-refractivity contribution in [3.05, 3.63) is 15.2 Å². The highest BCUT2D eigenvalue weighted by Crippen LogP contribution is 2.43. The van der Waals surface area contributed by atoms with Crippen LogP contribution in [0.15, 0.2) is 9.94 Å². The van der Waals surface area contributed by atoms with Gasteiger partial charge in [-0.1, -0.05) is 11.6 Å². The van der Waals surface area contributed by atoms with Crippen molar-refractivity contribution in [2.45, 2.75) is 20.3 Å². The molecular weight excluding hydrogens is 140 g/mol. The Kier molecular flexibility index (Phi) is 1.88. The van der Waals surface area contributed by atoms with Gasteiger partial charge in [-0.05, 0) is 18.8 Å². The predicted molar refractivity (Wildman–Crippen MR) is 39.7 cm³/mol. The number of hydrogen-bond donors (Lipinski definition) is 0. The average Bonchev–Trinajstić information content (AvgIpc) is 1.85. The van der Waals surface area contributed by atoms with Crippen molar-refractivity contribution < 1.29 is 0 Å².